The number of ketones is 1. The number of allylic oxidation sites excluding steroid dienone is 1. The molecule has 0 fully saturated rings. The minimum atomic E-state index is -0.463. The van der Waals surface area contributed by atoms with Crippen molar-refractivity contribution in [2.45, 2.75) is 19.3 Å². The summed E-state index contributed by atoms with van der Waals surface area (Å²) in [6.45, 7) is 0. The van der Waals surface area contributed by atoms with Gasteiger partial charge in [0.25, 0.3) is 0 Å². The highest BCUT2D eigenvalue weighted by Gasteiger charge is 2.19. The molecule has 0 saturated carbocycles. The van der Waals surface area contributed by atoms with Crippen LogP contribution in [0.1, 0.15) is 38.6 Å². The van der Waals surface area contributed by atoms with Gasteiger partial charge in [0.2, 0.25) is 5.78 Å². The number of hydrogen-bond acceptors (Lipinski definition) is 6. The molecule has 1 aromatic carbocycles. The number of aliphatic hydroxyl groups is 1. The molecule has 2 N–H and O–H groups in total. The van der Waals surface area contributed by atoms with Gasteiger partial charge >= 0.3 is 0 Å². The molecule has 0 aliphatic heterocycles. The molecule has 0 aliphatic rings. The second-order valence-electron chi connectivity index (χ2n) is 6.80. The van der Waals surface area contributed by atoms with Crippen LogP contribution in [0.4, 0.5) is 0 Å². The lowest BCUT2D eigenvalue weighted by Crippen LogP contribution is -2.02. The smallest absolute Gasteiger partial charge is 0.226 e. The third-order valence-electron chi connectivity index (χ3n) is 4.76. The number of furan rings is 1. The van der Waals surface area contributed by atoms with Gasteiger partial charge in [-0.05, 0) is 36.1 Å². The summed E-state index contributed by atoms with van der Waals surface area (Å²) < 4.78 is 5.81. The summed E-state index contributed by atoms with van der Waals surface area (Å²) >= 11 is 0. The van der Waals surface area contributed by atoms with E-state index in [1.807, 2.05) is 30.3 Å². The fourth-order valence-electron chi connectivity index (χ4n) is 3.26. The molecule has 0 saturated heterocycles. The summed E-state index contributed by atoms with van der Waals surface area (Å²) in [5.41, 5.74) is 3.55. The van der Waals surface area contributed by atoms with Gasteiger partial charge in [0.1, 0.15) is 17.8 Å². The summed E-state index contributed by atoms with van der Waals surface area (Å²) in [5.74, 6) is 0.0299. The fourth-order valence-corrected chi connectivity index (χ4v) is 3.26. The van der Waals surface area contributed by atoms with Crippen LogP contribution in [0, 0.1) is 0 Å². The van der Waals surface area contributed by atoms with Crippen LogP contribution in [0.3, 0.4) is 0 Å². The van der Waals surface area contributed by atoms with E-state index in [9.17, 15) is 9.90 Å². The number of hydrogen-bond donors (Lipinski definition) is 2. The first-order valence-electron chi connectivity index (χ1n) is 9.53. The van der Waals surface area contributed by atoms with E-state index in [0.29, 0.717) is 24.2 Å². The number of aromatic nitrogens is 4. The van der Waals surface area contributed by atoms with Crippen LogP contribution < -0.4 is 0 Å². The summed E-state index contributed by atoms with van der Waals surface area (Å²) in [6, 6.07) is 13.8. The van der Waals surface area contributed by atoms with Crippen molar-refractivity contribution in [1.29, 1.82) is 0 Å². The van der Waals surface area contributed by atoms with Crippen LogP contribution >= 0.6 is 0 Å². The molecule has 30 heavy (non-hydrogen) atoms. The zero-order chi connectivity index (χ0) is 20.8. The molecule has 7 heteroatoms. The maximum absolute atomic E-state index is 12.4. The molecule has 0 radical (unpaired) electrons. The number of carbonyl (C=O) groups excluding carboxylic acids is 1. The highest BCUT2D eigenvalue weighted by atomic mass is 16.3. The van der Waals surface area contributed by atoms with E-state index in [4.69, 9.17) is 4.42 Å². The second-order valence-corrected chi connectivity index (χ2v) is 6.80. The van der Waals surface area contributed by atoms with Crippen LogP contribution in [0.2, 0.25) is 0 Å². The number of aryl methyl sites for hydroxylation is 2. The van der Waals surface area contributed by atoms with E-state index in [1.54, 1.807) is 18.7 Å². The Labute approximate surface area is 173 Å². The molecule has 3 heterocycles. The number of nitrogens with one attached hydrogen (secondary N) is 1. The van der Waals surface area contributed by atoms with Crippen LogP contribution in [-0.4, -0.2) is 31.1 Å². The molecule has 4 aromatic rings. The number of H-pyrrole nitrogens is 1. The standard InChI is InChI=1S/C23H20N4O3/c28-19(13-20(29)23-25-15-26-27-23)22-18(7-6-16-4-2-1-3-5-16)14-30-21(22)12-17-8-10-24-11-9-17/h1-5,8-11,13-15,28H,6-7,12H2,(H,25,26,27). The number of benzene rings is 1. The van der Waals surface area contributed by atoms with Crippen molar-refractivity contribution >= 4 is 11.5 Å². The first-order valence-corrected chi connectivity index (χ1v) is 9.53. The minimum Gasteiger partial charge on any atom is -0.507 e. The van der Waals surface area contributed by atoms with Crippen molar-refractivity contribution < 1.29 is 14.3 Å². The lowest BCUT2D eigenvalue weighted by molar-refractivity contribution is 0.103. The van der Waals surface area contributed by atoms with E-state index < -0.39 is 5.78 Å². The lowest BCUT2D eigenvalue weighted by Gasteiger charge is -2.06. The average molecular weight is 400 g/mol. The summed E-state index contributed by atoms with van der Waals surface area (Å²) in [7, 11) is 0. The number of rotatable bonds is 8. The first-order chi connectivity index (χ1) is 14.7. The van der Waals surface area contributed by atoms with Crippen LogP contribution in [0.15, 0.2) is 77.9 Å². The van der Waals surface area contributed by atoms with E-state index in [0.717, 1.165) is 23.6 Å². The Morgan fingerprint density at radius 2 is 1.87 bits per heavy atom. The van der Waals surface area contributed by atoms with Gasteiger partial charge < -0.3 is 9.52 Å². The minimum absolute atomic E-state index is 0.0616. The van der Waals surface area contributed by atoms with Crippen molar-refractivity contribution in [3.8, 4) is 0 Å². The Bertz CT molecular complexity index is 1130. The zero-order valence-electron chi connectivity index (χ0n) is 16.2. The molecule has 0 aliphatic carbocycles. The molecular weight excluding hydrogens is 380 g/mol. The molecule has 0 atom stereocenters. The molecule has 0 bridgehead atoms. The Morgan fingerprint density at radius 3 is 2.60 bits per heavy atom. The third kappa shape index (κ3) is 4.52. The van der Waals surface area contributed by atoms with Crippen molar-refractivity contribution in [1.82, 2.24) is 20.2 Å². The predicted octanol–water partition coefficient (Wildman–Crippen LogP) is 3.95. The Hall–Kier alpha value is -4.00. The van der Waals surface area contributed by atoms with Gasteiger partial charge in [-0.2, -0.15) is 5.10 Å². The number of aromatic amines is 1. The highest BCUT2D eigenvalue weighted by Crippen LogP contribution is 2.28. The van der Waals surface area contributed by atoms with Crippen LogP contribution in [0.5, 0.6) is 0 Å². The first kappa shape index (κ1) is 19.3. The third-order valence-corrected chi connectivity index (χ3v) is 4.76. The van der Waals surface area contributed by atoms with Gasteiger partial charge in [-0.1, -0.05) is 30.3 Å². The van der Waals surface area contributed by atoms with Crippen LogP contribution in [-0.2, 0) is 19.3 Å². The van der Waals surface area contributed by atoms with Gasteiger partial charge in [-0.15, -0.1) is 0 Å². The maximum Gasteiger partial charge on any atom is 0.226 e. The van der Waals surface area contributed by atoms with Gasteiger partial charge in [0.15, 0.2) is 5.82 Å². The van der Waals surface area contributed by atoms with Gasteiger partial charge in [0, 0.05) is 30.5 Å². The Morgan fingerprint density at radius 1 is 1.07 bits per heavy atom. The van der Waals surface area contributed by atoms with Crippen molar-refractivity contribution in [3.63, 3.8) is 0 Å². The Balaban J connectivity index is 1.65. The molecule has 4 rings (SSSR count). The van der Waals surface area contributed by atoms with Crippen LogP contribution in [0.25, 0.3) is 5.76 Å². The van der Waals surface area contributed by atoms with E-state index in [-0.39, 0.29) is 11.6 Å². The van der Waals surface area contributed by atoms with Crippen molar-refractivity contribution in [2.24, 2.45) is 0 Å². The highest BCUT2D eigenvalue weighted by molar-refractivity contribution is 6.05. The summed E-state index contributed by atoms with van der Waals surface area (Å²) in [4.78, 5) is 20.2. The molecule has 150 valence electrons. The molecule has 0 spiro atoms. The zero-order valence-corrected chi connectivity index (χ0v) is 16.2. The average Bonchev–Trinajstić information content (AvgIpc) is 3.44. The van der Waals surface area contributed by atoms with Crippen molar-refractivity contribution in [3.05, 3.63) is 107 Å². The number of pyridine rings is 1. The molecule has 3 aromatic heterocycles. The molecular formula is C23H20N4O3. The van der Waals surface area contributed by atoms with E-state index in [2.05, 4.69) is 32.3 Å². The molecule has 7 nitrogen and oxygen atoms in total. The van der Waals surface area contributed by atoms with Gasteiger partial charge in [0.05, 0.1) is 11.8 Å². The monoisotopic (exact) mass is 400 g/mol. The number of carbonyl (C=O) groups is 1. The molecule has 0 amide bonds. The van der Waals surface area contributed by atoms with Gasteiger partial charge in [-0.25, -0.2) is 4.98 Å². The number of nitrogens with zero attached hydrogens (tertiary/aromatic N) is 3. The normalized spacial score (nSPS) is 11.5. The van der Waals surface area contributed by atoms with E-state index in [1.165, 1.54) is 11.9 Å². The second kappa shape index (κ2) is 9.00. The predicted molar refractivity (Wildman–Crippen MR) is 111 cm³/mol. The SMILES string of the molecule is O=C(C=C(O)c1c(CCc2ccccc2)coc1Cc1ccncc1)c1ncn[nH]1. The largest absolute Gasteiger partial charge is 0.507 e. The molecule has 0 unspecified atom stereocenters. The van der Waals surface area contributed by atoms with E-state index >= 15 is 0 Å². The maximum atomic E-state index is 12.4. The summed E-state index contributed by atoms with van der Waals surface area (Å²) in [5, 5.41) is 17.0. The quantitative estimate of drug-likeness (QED) is 0.264. The number of aliphatic hydroxyl groups excluding tert-OH is 1. The fraction of sp³-hybridized carbons (Fsp3) is 0.130. The van der Waals surface area contributed by atoms with Gasteiger partial charge in [-0.3, -0.25) is 14.9 Å². The Kier molecular flexibility index (Phi) is 5.80. The lowest BCUT2D eigenvalue weighted by atomic mass is 9.98. The summed E-state index contributed by atoms with van der Waals surface area (Å²) in [6.07, 6.45) is 9.37. The van der Waals surface area contributed by atoms with Crippen molar-refractivity contribution in [2.75, 3.05) is 0 Å². The topological polar surface area (TPSA) is 105 Å².